The predicted octanol–water partition coefficient (Wildman–Crippen LogP) is 1.49. The van der Waals surface area contributed by atoms with Crippen molar-refractivity contribution in [2.45, 2.75) is 4.90 Å². The quantitative estimate of drug-likeness (QED) is 0.791. The number of halogens is 1. The Hall–Kier alpha value is -0.920. The molecule has 0 bridgehead atoms. The van der Waals surface area contributed by atoms with Crippen molar-refractivity contribution in [1.82, 2.24) is 4.31 Å². The Morgan fingerprint density at radius 2 is 1.94 bits per heavy atom. The summed E-state index contributed by atoms with van der Waals surface area (Å²) in [6.45, 7) is 0. The third-order valence-electron chi connectivity index (χ3n) is 2.11. The molecular weight excluding hydrogens is 310 g/mol. The summed E-state index contributed by atoms with van der Waals surface area (Å²) >= 11 is 3.14. The molecule has 1 aromatic rings. The highest BCUT2D eigenvalue weighted by atomic mass is 79.9. The number of ether oxygens (including phenoxy) is 1. The maximum atomic E-state index is 11.9. The van der Waals surface area contributed by atoms with Crippen LogP contribution in [-0.2, 0) is 14.8 Å². The first kappa shape index (κ1) is 14.1. The van der Waals surface area contributed by atoms with Gasteiger partial charge >= 0.3 is 5.97 Å². The number of esters is 1. The summed E-state index contributed by atoms with van der Waals surface area (Å²) in [5, 5.41) is 0. The Balaban J connectivity index is 3.29. The number of benzene rings is 1. The zero-order valence-electron chi connectivity index (χ0n) is 9.60. The molecule has 0 aliphatic carbocycles. The van der Waals surface area contributed by atoms with Gasteiger partial charge in [0.15, 0.2) is 0 Å². The SMILES string of the molecule is COC(=O)c1ccc(S(=O)(=O)N(C)C)c(Br)c1. The van der Waals surface area contributed by atoms with Crippen molar-refractivity contribution in [3.63, 3.8) is 0 Å². The molecular formula is C10H12BrNO4S. The highest BCUT2D eigenvalue weighted by molar-refractivity contribution is 9.10. The molecule has 0 heterocycles. The van der Waals surface area contributed by atoms with Crippen LogP contribution in [0.4, 0.5) is 0 Å². The fourth-order valence-electron chi connectivity index (χ4n) is 1.15. The lowest BCUT2D eigenvalue weighted by Crippen LogP contribution is -2.22. The molecule has 0 aliphatic heterocycles. The van der Waals surface area contributed by atoms with Gasteiger partial charge in [-0.25, -0.2) is 17.5 Å². The maximum absolute atomic E-state index is 11.9. The molecule has 0 saturated heterocycles. The van der Waals surface area contributed by atoms with Gasteiger partial charge in [-0.1, -0.05) is 0 Å². The van der Waals surface area contributed by atoms with Crippen LogP contribution in [0.1, 0.15) is 10.4 Å². The highest BCUT2D eigenvalue weighted by Crippen LogP contribution is 2.25. The molecule has 0 aliphatic rings. The van der Waals surface area contributed by atoms with Gasteiger partial charge < -0.3 is 4.74 Å². The molecule has 0 fully saturated rings. The average molecular weight is 322 g/mol. The van der Waals surface area contributed by atoms with Crippen molar-refractivity contribution in [2.75, 3.05) is 21.2 Å². The largest absolute Gasteiger partial charge is 0.465 e. The monoisotopic (exact) mass is 321 g/mol. The maximum Gasteiger partial charge on any atom is 0.337 e. The van der Waals surface area contributed by atoms with Gasteiger partial charge in [-0.3, -0.25) is 0 Å². The van der Waals surface area contributed by atoms with Crippen LogP contribution in [0, 0.1) is 0 Å². The number of carbonyl (C=O) groups is 1. The molecule has 17 heavy (non-hydrogen) atoms. The van der Waals surface area contributed by atoms with Gasteiger partial charge in [0.1, 0.15) is 0 Å². The standard InChI is InChI=1S/C10H12BrNO4S/c1-12(2)17(14,15)9-5-4-7(6-8(9)11)10(13)16-3/h4-6H,1-3H3. The van der Waals surface area contributed by atoms with Gasteiger partial charge in [-0.2, -0.15) is 0 Å². The zero-order chi connectivity index (χ0) is 13.2. The van der Waals surface area contributed by atoms with E-state index in [1.54, 1.807) is 0 Å². The van der Waals surface area contributed by atoms with Crippen LogP contribution in [0.15, 0.2) is 27.6 Å². The Labute approximate surface area is 109 Å². The summed E-state index contributed by atoms with van der Waals surface area (Å²) in [7, 11) is 0.623. The molecule has 5 nitrogen and oxygen atoms in total. The third-order valence-corrected chi connectivity index (χ3v) is 4.90. The molecule has 0 aromatic heterocycles. The van der Waals surface area contributed by atoms with E-state index in [9.17, 15) is 13.2 Å². The summed E-state index contributed by atoms with van der Waals surface area (Å²) in [5.74, 6) is -0.514. The molecule has 94 valence electrons. The first-order chi connectivity index (χ1) is 7.80. The minimum absolute atomic E-state index is 0.107. The lowest BCUT2D eigenvalue weighted by molar-refractivity contribution is 0.0600. The summed E-state index contributed by atoms with van der Waals surface area (Å²) in [6, 6.07) is 4.20. The molecule has 0 N–H and O–H groups in total. The lowest BCUT2D eigenvalue weighted by atomic mass is 10.2. The molecule has 0 amide bonds. The first-order valence-corrected chi connectivity index (χ1v) is 6.84. The molecule has 0 spiro atoms. The van der Waals surface area contributed by atoms with E-state index in [2.05, 4.69) is 20.7 Å². The predicted molar refractivity (Wildman–Crippen MR) is 66.4 cm³/mol. The molecule has 1 aromatic carbocycles. The highest BCUT2D eigenvalue weighted by Gasteiger charge is 2.21. The molecule has 1 rings (SSSR count). The average Bonchev–Trinajstić information content (AvgIpc) is 2.27. The topological polar surface area (TPSA) is 63.7 Å². The summed E-state index contributed by atoms with van der Waals surface area (Å²) in [6.07, 6.45) is 0. The van der Waals surface area contributed by atoms with E-state index in [0.29, 0.717) is 4.47 Å². The van der Waals surface area contributed by atoms with Crippen LogP contribution < -0.4 is 0 Å². The Bertz CT molecular complexity index is 539. The van der Waals surface area contributed by atoms with Gasteiger partial charge in [0.25, 0.3) is 0 Å². The molecule has 0 radical (unpaired) electrons. The van der Waals surface area contributed by atoms with E-state index in [-0.39, 0.29) is 10.5 Å². The van der Waals surface area contributed by atoms with Gasteiger partial charge in [-0.05, 0) is 34.1 Å². The molecule has 7 heteroatoms. The first-order valence-electron chi connectivity index (χ1n) is 4.61. The minimum atomic E-state index is -3.52. The van der Waals surface area contributed by atoms with Crippen LogP contribution in [0.25, 0.3) is 0 Å². The molecule has 0 saturated carbocycles. The van der Waals surface area contributed by atoms with Gasteiger partial charge in [0.05, 0.1) is 17.6 Å². The Kier molecular flexibility index (Phi) is 4.29. The van der Waals surface area contributed by atoms with E-state index < -0.39 is 16.0 Å². The number of methoxy groups -OCH3 is 1. The third kappa shape index (κ3) is 2.85. The van der Waals surface area contributed by atoms with Crippen LogP contribution in [-0.4, -0.2) is 39.9 Å². The second-order valence-corrected chi connectivity index (χ2v) is 6.40. The minimum Gasteiger partial charge on any atom is -0.465 e. The summed E-state index contributed by atoms with van der Waals surface area (Å²) < 4.78 is 29.7. The van der Waals surface area contributed by atoms with Crippen LogP contribution in [0.2, 0.25) is 0 Å². The zero-order valence-corrected chi connectivity index (χ0v) is 12.0. The van der Waals surface area contributed by atoms with Gasteiger partial charge in [-0.15, -0.1) is 0 Å². The van der Waals surface area contributed by atoms with Crippen molar-refractivity contribution in [3.05, 3.63) is 28.2 Å². The van der Waals surface area contributed by atoms with Crippen LogP contribution >= 0.6 is 15.9 Å². The fourth-order valence-corrected chi connectivity index (χ4v) is 3.08. The second-order valence-electron chi connectivity index (χ2n) is 3.42. The smallest absolute Gasteiger partial charge is 0.337 e. The normalized spacial score (nSPS) is 11.6. The van der Waals surface area contributed by atoms with Gasteiger partial charge in [0.2, 0.25) is 10.0 Å². The van der Waals surface area contributed by atoms with Crippen LogP contribution in [0.5, 0.6) is 0 Å². The van der Waals surface area contributed by atoms with Crippen molar-refractivity contribution in [1.29, 1.82) is 0 Å². The fraction of sp³-hybridized carbons (Fsp3) is 0.300. The van der Waals surface area contributed by atoms with E-state index >= 15 is 0 Å². The summed E-state index contributed by atoms with van der Waals surface area (Å²) in [5.41, 5.74) is 0.289. The van der Waals surface area contributed by atoms with Crippen LogP contribution in [0.3, 0.4) is 0 Å². The number of nitrogens with zero attached hydrogens (tertiary/aromatic N) is 1. The van der Waals surface area contributed by atoms with E-state index in [1.165, 1.54) is 39.4 Å². The Morgan fingerprint density at radius 3 is 2.35 bits per heavy atom. The summed E-state index contributed by atoms with van der Waals surface area (Å²) in [4.78, 5) is 11.4. The van der Waals surface area contributed by atoms with E-state index in [1.807, 2.05) is 0 Å². The number of hydrogen-bond donors (Lipinski definition) is 0. The number of hydrogen-bond acceptors (Lipinski definition) is 4. The van der Waals surface area contributed by atoms with Crippen molar-refractivity contribution >= 4 is 31.9 Å². The number of sulfonamides is 1. The lowest BCUT2D eigenvalue weighted by Gasteiger charge is -2.13. The number of rotatable bonds is 3. The molecule has 0 atom stereocenters. The van der Waals surface area contributed by atoms with E-state index in [0.717, 1.165) is 4.31 Å². The second kappa shape index (κ2) is 5.16. The van der Waals surface area contributed by atoms with E-state index in [4.69, 9.17) is 0 Å². The van der Waals surface area contributed by atoms with Crippen molar-refractivity contribution in [2.24, 2.45) is 0 Å². The number of carbonyl (C=O) groups excluding carboxylic acids is 1. The Morgan fingerprint density at radius 1 is 1.35 bits per heavy atom. The van der Waals surface area contributed by atoms with Gasteiger partial charge in [0, 0.05) is 18.6 Å². The van der Waals surface area contributed by atoms with Crippen molar-refractivity contribution in [3.8, 4) is 0 Å². The molecule has 0 unspecified atom stereocenters. The van der Waals surface area contributed by atoms with Crippen molar-refractivity contribution < 1.29 is 17.9 Å².